The molecule has 0 unspecified atom stereocenters. The fourth-order valence-corrected chi connectivity index (χ4v) is 4.64. The van der Waals surface area contributed by atoms with Crippen LogP contribution in [0.4, 0.5) is 4.39 Å². The van der Waals surface area contributed by atoms with Gasteiger partial charge in [0.05, 0.1) is 5.25 Å². The summed E-state index contributed by atoms with van der Waals surface area (Å²) in [5, 5.41) is 3.08. The van der Waals surface area contributed by atoms with E-state index in [1.807, 2.05) is 17.9 Å². The van der Waals surface area contributed by atoms with Crippen LogP contribution in [0.1, 0.15) is 24.3 Å². The predicted octanol–water partition coefficient (Wildman–Crippen LogP) is 2.08. The van der Waals surface area contributed by atoms with Crippen LogP contribution in [-0.4, -0.2) is 60.2 Å². The van der Waals surface area contributed by atoms with Gasteiger partial charge in [-0.3, -0.25) is 9.69 Å². The third-order valence-corrected chi connectivity index (χ3v) is 6.17. The summed E-state index contributed by atoms with van der Waals surface area (Å²) in [6, 6.07) is 6.82. The molecule has 4 nitrogen and oxygen atoms in total. The molecule has 2 saturated heterocycles. The summed E-state index contributed by atoms with van der Waals surface area (Å²) in [5.41, 5.74) is 0.627. The molecule has 2 fully saturated rings. The van der Waals surface area contributed by atoms with Crippen molar-refractivity contribution in [2.45, 2.75) is 24.0 Å². The van der Waals surface area contributed by atoms with Crippen molar-refractivity contribution in [2.24, 2.45) is 0 Å². The molecule has 6 heteroatoms. The van der Waals surface area contributed by atoms with Gasteiger partial charge in [-0.2, -0.15) is 0 Å². The van der Waals surface area contributed by atoms with Crippen molar-refractivity contribution < 1.29 is 9.18 Å². The second-order valence-electron chi connectivity index (χ2n) is 6.03. The third kappa shape index (κ3) is 3.70. The van der Waals surface area contributed by atoms with E-state index >= 15 is 0 Å². The normalized spacial score (nSPS) is 26.0. The number of nitrogens with zero attached hydrogens (tertiary/aromatic N) is 2. The Hall–Kier alpha value is -1.11. The zero-order valence-corrected chi connectivity index (χ0v) is 14.3. The van der Waals surface area contributed by atoms with Gasteiger partial charge in [-0.25, -0.2) is 4.39 Å². The Kier molecular flexibility index (Phi) is 5.56. The molecule has 0 spiro atoms. The van der Waals surface area contributed by atoms with Crippen molar-refractivity contribution in [1.29, 1.82) is 0 Å². The topological polar surface area (TPSA) is 35.6 Å². The van der Waals surface area contributed by atoms with Gasteiger partial charge < -0.3 is 10.2 Å². The van der Waals surface area contributed by atoms with Crippen LogP contribution < -0.4 is 5.32 Å². The molecule has 126 valence electrons. The van der Waals surface area contributed by atoms with Crippen LogP contribution in [0.5, 0.6) is 0 Å². The minimum Gasteiger partial charge on any atom is -0.324 e. The lowest BCUT2D eigenvalue weighted by Crippen LogP contribution is -2.47. The predicted molar refractivity (Wildman–Crippen MR) is 91.8 cm³/mol. The van der Waals surface area contributed by atoms with Crippen molar-refractivity contribution in [3.63, 3.8) is 0 Å². The molecular formula is C17H24FN3OS. The molecule has 1 N–H and O–H groups in total. The van der Waals surface area contributed by atoms with E-state index in [0.717, 1.165) is 39.1 Å². The van der Waals surface area contributed by atoms with Crippen molar-refractivity contribution in [3.05, 3.63) is 35.6 Å². The maximum Gasteiger partial charge on any atom is 0.236 e. The molecule has 1 aromatic rings. The summed E-state index contributed by atoms with van der Waals surface area (Å²) in [4.78, 5) is 16.9. The third-order valence-electron chi connectivity index (χ3n) is 4.54. The smallest absolute Gasteiger partial charge is 0.236 e. The van der Waals surface area contributed by atoms with Crippen LogP contribution in [0.2, 0.25) is 0 Å². The van der Waals surface area contributed by atoms with Crippen molar-refractivity contribution >= 4 is 17.7 Å². The minimum absolute atomic E-state index is 0.0531. The first kappa shape index (κ1) is 16.7. The molecule has 2 aliphatic heterocycles. The van der Waals surface area contributed by atoms with Gasteiger partial charge in [-0.1, -0.05) is 25.1 Å². The number of hydrogen-bond donors (Lipinski definition) is 1. The van der Waals surface area contributed by atoms with Gasteiger partial charge in [-0.15, -0.1) is 11.8 Å². The molecule has 2 heterocycles. The van der Waals surface area contributed by atoms with Crippen LogP contribution >= 0.6 is 11.8 Å². The number of carbonyl (C=O) groups excluding carboxylic acids is 1. The maximum atomic E-state index is 14.2. The highest BCUT2D eigenvalue weighted by Gasteiger charge is 2.40. The molecule has 1 aromatic carbocycles. The fraction of sp³-hybridized carbons (Fsp3) is 0.588. The van der Waals surface area contributed by atoms with Crippen molar-refractivity contribution in [1.82, 2.24) is 15.1 Å². The molecule has 1 amide bonds. The van der Waals surface area contributed by atoms with Crippen molar-refractivity contribution in [3.8, 4) is 0 Å². The Labute approximate surface area is 141 Å². The first-order chi connectivity index (χ1) is 11.2. The summed E-state index contributed by atoms with van der Waals surface area (Å²) in [7, 11) is 0. The maximum absolute atomic E-state index is 14.2. The molecule has 0 aliphatic carbocycles. The fourth-order valence-electron chi connectivity index (χ4n) is 3.19. The number of thioether (sulfide) groups is 1. The van der Waals surface area contributed by atoms with Crippen LogP contribution in [0, 0.1) is 5.82 Å². The Balaban J connectivity index is 1.73. The highest BCUT2D eigenvalue weighted by atomic mass is 32.2. The Morgan fingerprint density at radius 2 is 2.00 bits per heavy atom. The summed E-state index contributed by atoms with van der Waals surface area (Å²) in [5.74, 6) is -0.0670. The van der Waals surface area contributed by atoms with Crippen LogP contribution in [0.25, 0.3) is 0 Å². The highest BCUT2D eigenvalue weighted by molar-refractivity contribution is 8.01. The second-order valence-corrected chi connectivity index (χ2v) is 7.32. The number of benzene rings is 1. The lowest BCUT2D eigenvalue weighted by molar-refractivity contribution is -0.130. The molecule has 0 saturated carbocycles. The Morgan fingerprint density at radius 3 is 2.70 bits per heavy atom. The van der Waals surface area contributed by atoms with E-state index in [2.05, 4.69) is 10.2 Å². The number of nitrogens with one attached hydrogen (secondary N) is 1. The van der Waals surface area contributed by atoms with Gasteiger partial charge in [0.1, 0.15) is 11.2 Å². The second kappa shape index (κ2) is 7.64. The van der Waals surface area contributed by atoms with E-state index < -0.39 is 0 Å². The Bertz CT molecular complexity index is 550. The Morgan fingerprint density at radius 1 is 1.26 bits per heavy atom. The SMILES string of the molecule is CC[C@@H]1S[C@H](c2ccccc2F)N(CCN2CCNCC2)C1=O. The molecule has 0 bridgehead atoms. The lowest BCUT2D eigenvalue weighted by Gasteiger charge is -2.31. The standard InChI is InChI=1S/C17H24FN3OS/c1-2-15-16(22)21(12-11-20-9-7-19-8-10-20)17(23-15)13-5-3-4-6-14(13)18/h3-6,15,17,19H,2,7-12H2,1H3/t15-,17+/m0/s1. The molecule has 2 atom stereocenters. The first-order valence-corrected chi connectivity index (χ1v) is 9.28. The summed E-state index contributed by atoms with van der Waals surface area (Å²) < 4.78 is 14.2. The number of carbonyl (C=O) groups is 1. The average Bonchev–Trinajstić information content (AvgIpc) is 2.90. The lowest BCUT2D eigenvalue weighted by atomic mass is 10.2. The van der Waals surface area contributed by atoms with E-state index in [9.17, 15) is 9.18 Å². The number of amides is 1. The number of halogens is 1. The van der Waals surface area contributed by atoms with E-state index in [-0.39, 0.29) is 22.3 Å². The summed E-state index contributed by atoms with van der Waals surface area (Å²) in [6.45, 7) is 7.56. The van der Waals surface area contributed by atoms with Gasteiger partial charge >= 0.3 is 0 Å². The number of piperazine rings is 1. The summed E-state index contributed by atoms with van der Waals surface area (Å²) >= 11 is 1.59. The van der Waals surface area contributed by atoms with E-state index in [4.69, 9.17) is 0 Å². The van der Waals surface area contributed by atoms with Gasteiger partial charge in [0.25, 0.3) is 0 Å². The minimum atomic E-state index is -0.221. The quantitative estimate of drug-likeness (QED) is 0.892. The highest BCUT2D eigenvalue weighted by Crippen LogP contribution is 2.44. The van der Waals surface area contributed by atoms with Gasteiger partial charge in [0.2, 0.25) is 5.91 Å². The largest absolute Gasteiger partial charge is 0.324 e. The monoisotopic (exact) mass is 337 g/mol. The van der Waals surface area contributed by atoms with E-state index in [1.54, 1.807) is 23.9 Å². The van der Waals surface area contributed by atoms with Crippen LogP contribution in [0.15, 0.2) is 24.3 Å². The molecule has 0 aromatic heterocycles. The average molecular weight is 337 g/mol. The molecular weight excluding hydrogens is 313 g/mol. The van der Waals surface area contributed by atoms with Gasteiger partial charge in [0.15, 0.2) is 0 Å². The molecule has 2 aliphatic rings. The molecule has 3 rings (SSSR count). The molecule has 0 radical (unpaired) electrons. The van der Waals surface area contributed by atoms with Gasteiger partial charge in [-0.05, 0) is 12.5 Å². The van der Waals surface area contributed by atoms with Crippen LogP contribution in [0.3, 0.4) is 0 Å². The van der Waals surface area contributed by atoms with E-state index in [0.29, 0.717) is 12.1 Å². The first-order valence-electron chi connectivity index (χ1n) is 8.34. The van der Waals surface area contributed by atoms with Crippen molar-refractivity contribution in [2.75, 3.05) is 39.3 Å². The van der Waals surface area contributed by atoms with Gasteiger partial charge in [0, 0.05) is 44.8 Å². The zero-order valence-electron chi connectivity index (χ0n) is 13.5. The number of hydrogen-bond acceptors (Lipinski definition) is 4. The van der Waals surface area contributed by atoms with E-state index in [1.165, 1.54) is 6.07 Å². The number of rotatable bonds is 5. The molecule has 23 heavy (non-hydrogen) atoms. The van der Waals surface area contributed by atoms with Crippen LogP contribution in [-0.2, 0) is 4.79 Å². The summed E-state index contributed by atoms with van der Waals surface area (Å²) in [6.07, 6.45) is 0.790. The zero-order chi connectivity index (χ0) is 16.2.